The molecule has 1 aliphatic rings. The fourth-order valence-electron chi connectivity index (χ4n) is 3.07. The second kappa shape index (κ2) is 6.72. The Labute approximate surface area is 150 Å². The summed E-state index contributed by atoms with van der Waals surface area (Å²) in [5.74, 6) is -0.183. The molecule has 0 spiro atoms. The minimum Gasteiger partial charge on any atom is -0.326 e. The van der Waals surface area contributed by atoms with Crippen molar-refractivity contribution in [2.75, 3.05) is 13.1 Å². The van der Waals surface area contributed by atoms with Gasteiger partial charge in [-0.2, -0.15) is 4.31 Å². The van der Waals surface area contributed by atoms with Crippen molar-refractivity contribution in [1.29, 1.82) is 0 Å². The lowest BCUT2D eigenvalue weighted by Crippen LogP contribution is -2.32. The van der Waals surface area contributed by atoms with E-state index in [1.54, 1.807) is 0 Å². The zero-order valence-electron chi connectivity index (χ0n) is 13.1. The molecule has 1 heterocycles. The molecule has 2 atom stereocenters. The van der Waals surface area contributed by atoms with Crippen molar-refractivity contribution in [3.63, 3.8) is 0 Å². The van der Waals surface area contributed by atoms with Gasteiger partial charge < -0.3 is 5.73 Å². The second-order valence-corrected chi connectivity index (χ2v) is 8.13. The van der Waals surface area contributed by atoms with Crippen LogP contribution >= 0.6 is 11.6 Å². The quantitative estimate of drug-likeness (QED) is 0.646. The Morgan fingerprint density at radius 1 is 1.12 bits per heavy atom. The average Bonchev–Trinajstić information content (AvgIpc) is 2.98. The third-order valence-corrected chi connectivity index (χ3v) is 6.65. The normalized spacial score (nSPS) is 21.4. The fourth-order valence-corrected chi connectivity index (χ4v) is 5.23. The first kappa shape index (κ1) is 17.8. The van der Waals surface area contributed by atoms with E-state index in [0.29, 0.717) is 0 Å². The number of hydrogen-bond acceptors (Lipinski definition) is 5. The van der Waals surface area contributed by atoms with Crippen molar-refractivity contribution in [2.24, 2.45) is 5.73 Å². The average molecular weight is 382 g/mol. The van der Waals surface area contributed by atoms with Gasteiger partial charge in [-0.1, -0.05) is 48.0 Å². The highest BCUT2D eigenvalue weighted by atomic mass is 35.5. The molecule has 7 nitrogen and oxygen atoms in total. The SMILES string of the molecule is N[C@@H]1CN(S(=O)(=O)c2c(Cl)cccc2[N+](=O)[O-])C[C@H]1c1ccccc1. The van der Waals surface area contributed by atoms with E-state index >= 15 is 0 Å². The largest absolute Gasteiger partial charge is 0.326 e. The lowest BCUT2D eigenvalue weighted by Gasteiger charge is -2.17. The number of sulfonamides is 1. The van der Waals surface area contributed by atoms with E-state index in [9.17, 15) is 18.5 Å². The van der Waals surface area contributed by atoms with E-state index < -0.39 is 31.6 Å². The minimum atomic E-state index is -4.14. The molecule has 0 amide bonds. The molecule has 1 saturated heterocycles. The maximum absolute atomic E-state index is 13.0. The molecule has 0 aromatic heterocycles. The fraction of sp³-hybridized carbons (Fsp3) is 0.250. The van der Waals surface area contributed by atoms with Crippen LogP contribution in [0.25, 0.3) is 0 Å². The van der Waals surface area contributed by atoms with Gasteiger partial charge in [0.15, 0.2) is 4.90 Å². The van der Waals surface area contributed by atoms with E-state index in [2.05, 4.69) is 0 Å². The molecule has 0 unspecified atom stereocenters. The van der Waals surface area contributed by atoms with Crippen LogP contribution in [0.4, 0.5) is 5.69 Å². The van der Waals surface area contributed by atoms with Gasteiger partial charge in [0.05, 0.1) is 9.95 Å². The molecule has 0 aliphatic carbocycles. The van der Waals surface area contributed by atoms with Crippen LogP contribution in [-0.4, -0.2) is 36.8 Å². The molecule has 0 bridgehead atoms. The number of nitrogens with zero attached hydrogens (tertiary/aromatic N) is 2. The number of nitrogens with two attached hydrogens (primary N) is 1. The zero-order chi connectivity index (χ0) is 18.2. The predicted octanol–water partition coefficient (Wildman–Crippen LogP) is 2.36. The van der Waals surface area contributed by atoms with E-state index in [4.69, 9.17) is 17.3 Å². The summed E-state index contributed by atoms with van der Waals surface area (Å²) in [6, 6.07) is 12.8. The summed E-state index contributed by atoms with van der Waals surface area (Å²) >= 11 is 5.98. The van der Waals surface area contributed by atoms with Crippen molar-refractivity contribution in [3.8, 4) is 0 Å². The van der Waals surface area contributed by atoms with Crippen molar-refractivity contribution in [1.82, 2.24) is 4.31 Å². The second-order valence-electron chi connectivity index (χ2n) is 5.85. The van der Waals surface area contributed by atoms with Crippen LogP contribution in [0, 0.1) is 10.1 Å². The Kier molecular flexibility index (Phi) is 4.79. The monoisotopic (exact) mass is 381 g/mol. The summed E-state index contributed by atoms with van der Waals surface area (Å²) in [5.41, 5.74) is 6.53. The molecule has 9 heteroatoms. The molecule has 3 rings (SSSR count). The standard InChI is InChI=1S/C16H16ClN3O4S/c17-13-7-4-8-15(20(21)22)16(13)25(23,24)19-9-12(14(18)10-19)11-5-2-1-3-6-11/h1-8,12,14H,9-10,18H2/t12-,14+/m0/s1. The van der Waals surface area contributed by atoms with Crippen LogP contribution in [0.15, 0.2) is 53.4 Å². The first-order chi connectivity index (χ1) is 11.8. The summed E-state index contributed by atoms with van der Waals surface area (Å²) in [5, 5.41) is 11.0. The highest BCUT2D eigenvalue weighted by Crippen LogP contribution is 2.36. The summed E-state index contributed by atoms with van der Waals surface area (Å²) in [4.78, 5) is 9.99. The molecular formula is C16H16ClN3O4S. The third kappa shape index (κ3) is 3.25. The van der Waals surface area contributed by atoms with Crippen molar-refractivity contribution >= 4 is 27.3 Å². The van der Waals surface area contributed by atoms with Crippen LogP contribution in [0.3, 0.4) is 0 Å². The van der Waals surface area contributed by atoms with Crippen molar-refractivity contribution in [3.05, 3.63) is 69.2 Å². The Balaban J connectivity index is 1.99. The van der Waals surface area contributed by atoms with E-state index in [0.717, 1.165) is 11.6 Å². The molecule has 0 saturated carbocycles. The highest BCUT2D eigenvalue weighted by molar-refractivity contribution is 7.89. The Bertz CT molecular complexity index is 905. The number of benzene rings is 2. The number of rotatable bonds is 4. The zero-order valence-corrected chi connectivity index (χ0v) is 14.7. The van der Waals surface area contributed by atoms with Gasteiger partial charge in [0, 0.05) is 31.1 Å². The Morgan fingerprint density at radius 2 is 1.80 bits per heavy atom. The predicted molar refractivity (Wildman–Crippen MR) is 94.0 cm³/mol. The smallest absolute Gasteiger partial charge is 0.290 e. The lowest BCUT2D eigenvalue weighted by molar-refractivity contribution is -0.387. The number of hydrogen-bond donors (Lipinski definition) is 1. The van der Waals surface area contributed by atoms with Gasteiger partial charge in [0.2, 0.25) is 0 Å². The van der Waals surface area contributed by atoms with Crippen LogP contribution in [0.2, 0.25) is 5.02 Å². The van der Waals surface area contributed by atoms with E-state index in [1.165, 1.54) is 16.4 Å². The van der Waals surface area contributed by atoms with E-state index in [-0.39, 0.29) is 24.0 Å². The third-order valence-electron chi connectivity index (χ3n) is 4.30. The van der Waals surface area contributed by atoms with Gasteiger partial charge in [0.1, 0.15) is 0 Å². The summed E-state index contributed by atoms with van der Waals surface area (Å²) < 4.78 is 27.1. The number of nitro groups is 1. The van der Waals surface area contributed by atoms with Crippen molar-refractivity contribution in [2.45, 2.75) is 16.9 Å². The molecular weight excluding hydrogens is 366 g/mol. The molecule has 1 fully saturated rings. The van der Waals surface area contributed by atoms with Crippen LogP contribution in [0.1, 0.15) is 11.5 Å². The number of nitro benzene ring substituents is 1. The van der Waals surface area contributed by atoms with Gasteiger partial charge >= 0.3 is 0 Å². The van der Waals surface area contributed by atoms with Crippen LogP contribution in [-0.2, 0) is 10.0 Å². The minimum absolute atomic E-state index is 0.0737. The topological polar surface area (TPSA) is 107 Å². The Hall–Kier alpha value is -2.00. The van der Waals surface area contributed by atoms with Gasteiger partial charge in [-0.15, -0.1) is 0 Å². The lowest BCUT2D eigenvalue weighted by atomic mass is 9.95. The van der Waals surface area contributed by atoms with Crippen LogP contribution < -0.4 is 5.73 Å². The first-order valence-corrected chi connectivity index (χ1v) is 9.37. The maximum atomic E-state index is 13.0. The molecule has 0 radical (unpaired) electrons. The van der Waals surface area contributed by atoms with Gasteiger partial charge in [0.25, 0.3) is 15.7 Å². The molecule has 132 valence electrons. The molecule has 2 aromatic carbocycles. The van der Waals surface area contributed by atoms with Gasteiger partial charge in [-0.05, 0) is 11.6 Å². The van der Waals surface area contributed by atoms with Crippen LogP contribution in [0.5, 0.6) is 0 Å². The summed E-state index contributed by atoms with van der Waals surface area (Å²) in [6.07, 6.45) is 0. The van der Waals surface area contributed by atoms with Gasteiger partial charge in [-0.3, -0.25) is 10.1 Å². The first-order valence-electron chi connectivity index (χ1n) is 7.56. The number of halogens is 1. The molecule has 2 N–H and O–H groups in total. The summed E-state index contributed by atoms with van der Waals surface area (Å²) in [7, 11) is -4.14. The maximum Gasteiger partial charge on any atom is 0.290 e. The van der Waals surface area contributed by atoms with Gasteiger partial charge in [-0.25, -0.2) is 8.42 Å². The van der Waals surface area contributed by atoms with E-state index in [1.807, 2.05) is 30.3 Å². The highest BCUT2D eigenvalue weighted by Gasteiger charge is 2.41. The summed E-state index contributed by atoms with van der Waals surface area (Å²) in [6.45, 7) is 0.222. The molecule has 1 aliphatic heterocycles. The molecule has 2 aromatic rings. The van der Waals surface area contributed by atoms with Crippen molar-refractivity contribution < 1.29 is 13.3 Å². The molecule has 25 heavy (non-hydrogen) atoms. The Morgan fingerprint density at radius 3 is 2.44 bits per heavy atom.